The topological polar surface area (TPSA) is 62.6 Å². The number of alkyl halides is 1. The van der Waals surface area contributed by atoms with Crippen molar-refractivity contribution in [1.82, 2.24) is 10.2 Å². The molecule has 0 saturated carbocycles. The molecule has 1 aromatic heterocycles. The number of nitrogens with zero attached hydrogens (tertiary/aromatic N) is 1. The first-order valence-corrected chi connectivity index (χ1v) is 8.58. The summed E-state index contributed by atoms with van der Waals surface area (Å²) in [6.07, 6.45) is 1.47. The summed E-state index contributed by atoms with van der Waals surface area (Å²) in [6, 6.07) is 3.44. The molecule has 2 heterocycles. The van der Waals surface area contributed by atoms with Crippen LogP contribution in [-0.4, -0.2) is 41.7 Å². The third kappa shape index (κ3) is 4.04. The number of piperidine rings is 1. The lowest BCUT2D eigenvalue weighted by molar-refractivity contribution is -0.129. The van der Waals surface area contributed by atoms with Gasteiger partial charge in [0, 0.05) is 25.0 Å². The van der Waals surface area contributed by atoms with Crippen LogP contribution in [0.2, 0.25) is 0 Å². The molecule has 7 heteroatoms. The van der Waals surface area contributed by atoms with E-state index in [-0.39, 0.29) is 23.7 Å². The van der Waals surface area contributed by atoms with Crippen LogP contribution in [0.5, 0.6) is 0 Å². The summed E-state index contributed by atoms with van der Waals surface area (Å²) in [4.78, 5) is 26.1. The minimum atomic E-state index is -0.574. The molecule has 0 aliphatic carbocycles. The number of carbonyl (C=O) groups is 2. The van der Waals surface area contributed by atoms with Gasteiger partial charge in [0.25, 0.3) is 5.91 Å². The summed E-state index contributed by atoms with van der Waals surface area (Å²) >= 11 is 9.00. The first-order valence-electron chi connectivity index (χ1n) is 7.25. The van der Waals surface area contributed by atoms with Crippen molar-refractivity contribution in [3.05, 3.63) is 22.6 Å². The number of rotatable bonds is 4. The van der Waals surface area contributed by atoms with Crippen LogP contribution in [-0.2, 0) is 4.79 Å². The fraction of sp³-hybridized carbons (Fsp3) is 0.600. The Labute approximate surface area is 143 Å². The van der Waals surface area contributed by atoms with E-state index in [0.717, 1.165) is 12.8 Å². The molecule has 122 valence electrons. The van der Waals surface area contributed by atoms with Gasteiger partial charge in [-0.1, -0.05) is 0 Å². The van der Waals surface area contributed by atoms with Crippen LogP contribution in [0, 0.1) is 5.41 Å². The van der Waals surface area contributed by atoms with E-state index in [9.17, 15) is 9.59 Å². The average molecular weight is 392 g/mol. The molecule has 1 aromatic rings. The highest BCUT2D eigenvalue weighted by Crippen LogP contribution is 2.21. The van der Waals surface area contributed by atoms with E-state index in [1.54, 1.807) is 17.0 Å². The van der Waals surface area contributed by atoms with Crippen LogP contribution in [0.4, 0.5) is 0 Å². The zero-order chi connectivity index (χ0) is 16.3. The summed E-state index contributed by atoms with van der Waals surface area (Å²) in [6.45, 7) is 4.85. The maximum Gasteiger partial charge on any atom is 0.289 e. The van der Waals surface area contributed by atoms with E-state index in [1.165, 1.54) is 0 Å². The van der Waals surface area contributed by atoms with Crippen molar-refractivity contribution in [3.8, 4) is 0 Å². The SMILES string of the molecule is CC(C)(CCl)C(=O)NC1CCN(C(=O)c2ccc(Br)o2)CC1. The predicted octanol–water partition coefficient (Wildman–Crippen LogP) is 3.03. The summed E-state index contributed by atoms with van der Waals surface area (Å²) < 4.78 is 5.83. The van der Waals surface area contributed by atoms with E-state index >= 15 is 0 Å². The number of amides is 2. The maximum absolute atomic E-state index is 12.3. The number of likely N-dealkylation sites (tertiary alicyclic amines) is 1. The molecule has 5 nitrogen and oxygen atoms in total. The Morgan fingerprint density at radius 1 is 1.41 bits per heavy atom. The Hall–Kier alpha value is -1.01. The van der Waals surface area contributed by atoms with Gasteiger partial charge in [-0.2, -0.15) is 0 Å². The lowest BCUT2D eigenvalue weighted by Crippen LogP contribution is -2.49. The summed E-state index contributed by atoms with van der Waals surface area (Å²) in [5.74, 6) is 0.459. The normalized spacial score (nSPS) is 16.6. The molecular formula is C15H20BrClN2O3. The molecule has 1 N–H and O–H groups in total. The van der Waals surface area contributed by atoms with E-state index < -0.39 is 5.41 Å². The number of nitrogens with one attached hydrogen (secondary N) is 1. The van der Waals surface area contributed by atoms with Crippen molar-refractivity contribution in [2.24, 2.45) is 5.41 Å². The van der Waals surface area contributed by atoms with Crippen molar-refractivity contribution in [1.29, 1.82) is 0 Å². The maximum atomic E-state index is 12.3. The minimum absolute atomic E-state index is 0.0396. The van der Waals surface area contributed by atoms with E-state index in [2.05, 4.69) is 21.2 Å². The Bertz CT molecular complexity index is 551. The van der Waals surface area contributed by atoms with Gasteiger partial charge < -0.3 is 14.6 Å². The zero-order valence-electron chi connectivity index (χ0n) is 12.7. The predicted molar refractivity (Wildman–Crippen MR) is 88.0 cm³/mol. The fourth-order valence-corrected chi connectivity index (χ4v) is 2.68. The number of hydrogen-bond acceptors (Lipinski definition) is 3. The van der Waals surface area contributed by atoms with Crippen LogP contribution in [0.3, 0.4) is 0 Å². The molecule has 0 bridgehead atoms. The molecule has 0 atom stereocenters. The Balaban J connectivity index is 1.85. The van der Waals surface area contributed by atoms with Gasteiger partial charge >= 0.3 is 0 Å². The fourth-order valence-electron chi connectivity index (χ4n) is 2.25. The molecule has 0 aromatic carbocycles. The molecular weight excluding hydrogens is 372 g/mol. The third-order valence-corrected chi connectivity index (χ3v) is 4.94. The van der Waals surface area contributed by atoms with E-state index in [1.807, 2.05) is 13.8 Å². The molecule has 0 unspecified atom stereocenters. The highest BCUT2D eigenvalue weighted by Gasteiger charge is 2.31. The summed E-state index contributed by atoms with van der Waals surface area (Å²) in [5, 5.41) is 3.02. The van der Waals surface area contributed by atoms with E-state index in [0.29, 0.717) is 23.5 Å². The molecule has 2 rings (SSSR count). The van der Waals surface area contributed by atoms with Crippen molar-refractivity contribution in [2.45, 2.75) is 32.7 Å². The highest BCUT2D eigenvalue weighted by atomic mass is 79.9. The molecule has 1 aliphatic rings. The third-order valence-electron chi connectivity index (χ3n) is 3.85. The van der Waals surface area contributed by atoms with Gasteiger partial charge in [-0.15, -0.1) is 11.6 Å². The minimum Gasteiger partial charge on any atom is -0.444 e. The summed E-state index contributed by atoms with van der Waals surface area (Å²) in [5.41, 5.74) is -0.574. The van der Waals surface area contributed by atoms with Gasteiger partial charge in [-0.05, 0) is 54.8 Å². The van der Waals surface area contributed by atoms with Crippen LogP contribution in [0.25, 0.3) is 0 Å². The monoisotopic (exact) mass is 390 g/mol. The van der Waals surface area contributed by atoms with Gasteiger partial charge in [0.2, 0.25) is 5.91 Å². The number of furan rings is 1. The second-order valence-electron chi connectivity index (χ2n) is 6.16. The van der Waals surface area contributed by atoms with Crippen LogP contribution in [0.15, 0.2) is 21.2 Å². The summed E-state index contributed by atoms with van der Waals surface area (Å²) in [7, 11) is 0. The molecule has 0 spiro atoms. The van der Waals surface area contributed by atoms with Gasteiger partial charge in [-0.25, -0.2) is 0 Å². The van der Waals surface area contributed by atoms with Gasteiger partial charge in [0.1, 0.15) is 0 Å². The molecule has 1 fully saturated rings. The molecule has 1 aliphatic heterocycles. The number of carbonyl (C=O) groups excluding carboxylic acids is 2. The molecule has 22 heavy (non-hydrogen) atoms. The highest BCUT2D eigenvalue weighted by molar-refractivity contribution is 9.10. The molecule has 2 amide bonds. The largest absolute Gasteiger partial charge is 0.444 e. The Morgan fingerprint density at radius 3 is 2.55 bits per heavy atom. The van der Waals surface area contributed by atoms with Crippen LogP contribution in [0.1, 0.15) is 37.2 Å². The van der Waals surface area contributed by atoms with Crippen molar-refractivity contribution < 1.29 is 14.0 Å². The van der Waals surface area contributed by atoms with Crippen LogP contribution >= 0.6 is 27.5 Å². The van der Waals surface area contributed by atoms with Gasteiger partial charge in [0.05, 0.1) is 5.41 Å². The quantitative estimate of drug-likeness (QED) is 0.803. The van der Waals surface area contributed by atoms with Gasteiger partial charge in [-0.3, -0.25) is 9.59 Å². The number of hydrogen-bond donors (Lipinski definition) is 1. The van der Waals surface area contributed by atoms with Gasteiger partial charge in [0.15, 0.2) is 10.4 Å². The zero-order valence-corrected chi connectivity index (χ0v) is 15.0. The standard InChI is InChI=1S/C15H20BrClN2O3/c1-15(2,9-17)14(21)18-10-5-7-19(8-6-10)13(20)11-3-4-12(16)22-11/h3-4,10H,5-9H2,1-2H3,(H,18,21). The van der Waals surface area contributed by atoms with Crippen molar-refractivity contribution >= 4 is 39.3 Å². The lowest BCUT2D eigenvalue weighted by Gasteiger charge is -2.33. The Morgan fingerprint density at radius 2 is 2.05 bits per heavy atom. The van der Waals surface area contributed by atoms with E-state index in [4.69, 9.17) is 16.0 Å². The molecule has 1 saturated heterocycles. The first kappa shape index (κ1) is 17.3. The smallest absolute Gasteiger partial charge is 0.289 e. The first-order chi connectivity index (χ1) is 10.3. The lowest BCUT2D eigenvalue weighted by atomic mass is 9.93. The average Bonchev–Trinajstić information content (AvgIpc) is 2.93. The van der Waals surface area contributed by atoms with Crippen molar-refractivity contribution in [3.63, 3.8) is 0 Å². The van der Waals surface area contributed by atoms with Crippen LogP contribution < -0.4 is 5.32 Å². The Kier molecular flexibility index (Phi) is 5.55. The van der Waals surface area contributed by atoms with Crippen molar-refractivity contribution in [2.75, 3.05) is 19.0 Å². The second-order valence-corrected chi connectivity index (χ2v) is 7.21. The second kappa shape index (κ2) is 7.04. The molecule has 0 radical (unpaired) electrons. The number of halogens is 2.